The lowest BCUT2D eigenvalue weighted by molar-refractivity contribution is 0.0955. The Bertz CT molecular complexity index is 938. The number of carbonyl (C=O) groups excluding carboxylic acids is 1. The van der Waals surface area contributed by atoms with Crippen LogP contribution in [0.1, 0.15) is 67.9 Å². The van der Waals surface area contributed by atoms with Crippen LogP contribution in [0.3, 0.4) is 0 Å². The Morgan fingerprint density at radius 1 is 1.33 bits per heavy atom. The normalized spacial score (nSPS) is 17.7. The van der Waals surface area contributed by atoms with Crippen LogP contribution in [0.25, 0.3) is 0 Å². The van der Waals surface area contributed by atoms with E-state index in [1.165, 1.54) is 35.5 Å². The third-order valence-electron chi connectivity index (χ3n) is 5.66. The van der Waals surface area contributed by atoms with Crippen LogP contribution >= 0.6 is 0 Å². The summed E-state index contributed by atoms with van der Waals surface area (Å²) in [5.41, 5.74) is 6.18. The van der Waals surface area contributed by atoms with E-state index in [1.54, 1.807) is 13.3 Å². The molecule has 1 N–H and O–H groups in total. The standard InChI is InChI=1S/C24H30FN3O2/c1-6-11-28-21-13-22(30-5)18(12-20(21)16(2)14-24(28,3)4)15-26-27-23(29)17-7-9-19(25)10-8-17/h7-10,12-13,15-16H,6,11,14H2,1-5H3,(H,27,29)/b26-15-. The highest BCUT2D eigenvalue weighted by molar-refractivity contribution is 5.95. The van der Waals surface area contributed by atoms with Crippen LogP contribution in [-0.4, -0.2) is 31.3 Å². The molecule has 1 aliphatic heterocycles. The summed E-state index contributed by atoms with van der Waals surface area (Å²) in [5.74, 6) is 0.324. The number of halogens is 1. The van der Waals surface area contributed by atoms with Gasteiger partial charge in [-0.3, -0.25) is 4.79 Å². The number of benzene rings is 2. The van der Waals surface area contributed by atoms with Crippen LogP contribution in [0.2, 0.25) is 0 Å². The number of amides is 1. The molecule has 1 atom stereocenters. The number of nitrogens with one attached hydrogen (secondary N) is 1. The number of hydrazone groups is 1. The first-order valence-corrected chi connectivity index (χ1v) is 10.4. The first-order chi connectivity index (χ1) is 14.3. The summed E-state index contributed by atoms with van der Waals surface area (Å²) in [6.45, 7) is 9.99. The molecule has 1 aliphatic rings. The second-order valence-electron chi connectivity index (χ2n) is 8.43. The van der Waals surface area contributed by atoms with Crippen molar-refractivity contribution in [3.05, 3.63) is 58.9 Å². The molecule has 0 bridgehead atoms. The molecule has 0 radical (unpaired) electrons. The molecule has 2 aromatic carbocycles. The lowest BCUT2D eigenvalue weighted by Gasteiger charge is -2.47. The zero-order valence-corrected chi connectivity index (χ0v) is 18.3. The van der Waals surface area contributed by atoms with E-state index < -0.39 is 5.91 Å². The van der Waals surface area contributed by atoms with Gasteiger partial charge in [-0.25, -0.2) is 9.82 Å². The molecule has 0 saturated carbocycles. The average molecular weight is 412 g/mol. The van der Waals surface area contributed by atoms with Crippen molar-refractivity contribution >= 4 is 17.8 Å². The molecule has 0 aromatic heterocycles. The second kappa shape index (κ2) is 8.86. The van der Waals surface area contributed by atoms with Crippen molar-refractivity contribution in [2.75, 3.05) is 18.6 Å². The van der Waals surface area contributed by atoms with Crippen molar-refractivity contribution in [3.63, 3.8) is 0 Å². The number of anilines is 1. The van der Waals surface area contributed by atoms with Gasteiger partial charge in [0.2, 0.25) is 0 Å². The lowest BCUT2D eigenvalue weighted by atomic mass is 9.79. The van der Waals surface area contributed by atoms with Crippen molar-refractivity contribution in [1.82, 2.24) is 5.43 Å². The number of rotatable bonds is 6. The van der Waals surface area contributed by atoms with Crippen LogP contribution in [0.4, 0.5) is 10.1 Å². The van der Waals surface area contributed by atoms with Crippen LogP contribution in [-0.2, 0) is 0 Å². The van der Waals surface area contributed by atoms with Crippen molar-refractivity contribution < 1.29 is 13.9 Å². The number of nitrogens with zero attached hydrogens (tertiary/aromatic N) is 2. The van der Waals surface area contributed by atoms with E-state index >= 15 is 0 Å². The fourth-order valence-corrected chi connectivity index (χ4v) is 4.28. The topological polar surface area (TPSA) is 53.9 Å². The highest BCUT2D eigenvalue weighted by Gasteiger charge is 2.36. The maximum Gasteiger partial charge on any atom is 0.271 e. The van der Waals surface area contributed by atoms with E-state index in [-0.39, 0.29) is 11.4 Å². The quantitative estimate of drug-likeness (QED) is 0.531. The minimum atomic E-state index is -0.396. The monoisotopic (exact) mass is 411 g/mol. The van der Waals surface area contributed by atoms with Crippen molar-refractivity contribution in [1.29, 1.82) is 0 Å². The zero-order valence-electron chi connectivity index (χ0n) is 18.3. The summed E-state index contributed by atoms with van der Waals surface area (Å²) in [7, 11) is 1.64. The molecule has 160 valence electrons. The molecular weight excluding hydrogens is 381 g/mol. The van der Waals surface area contributed by atoms with Crippen molar-refractivity contribution in [2.24, 2.45) is 5.10 Å². The molecule has 1 heterocycles. The number of hydrogen-bond donors (Lipinski definition) is 1. The van der Waals surface area contributed by atoms with Crippen molar-refractivity contribution in [2.45, 2.75) is 52.0 Å². The predicted octanol–water partition coefficient (Wildman–Crippen LogP) is 5.10. The summed E-state index contributed by atoms with van der Waals surface area (Å²) in [6.07, 6.45) is 3.72. The molecule has 1 amide bonds. The molecular formula is C24H30FN3O2. The molecule has 0 fully saturated rings. The molecule has 30 heavy (non-hydrogen) atoms. The summed E-state index contributed by atoms with van der Waals surface area (Å²) < 4.78 is 18.6. The van der Waals surface area contributed by atoms with Gasteiger partial charge in [0.05, 0.1) is 13.3 Å². The summed E-state index contributed by atoms with van der Waals surface area (Å²) >= 11 is 0. The highest BCUT2D eigenvalue weighted by Crippen LogP contribution is 2.45. The first-order valence-electron chi connectivity index (χ1n) is 10.4. The van der Waals surface area contributed by atoms with Gasteiger partial charge < -0.3 is 9.64 Å². The molecule has 0 spiro atoms. The smallest absolute Gasteiger partial charge is 0.271 e. The molecule has 0 aliphatic carbocycles. The Balaban J connectivity index is 1.87. The van der Waals surface area contributed by atoms with Gasteiger partial charge in [-0.05, 0) is 68.5 Å². The third kappa shape index (κ3) is 4.48. The van der Waals surface area contributed by atoms with Gasteiger partial charge in [0, 0.05) is 35.0 Å². The molecule has 2 aromatic rings. The van der Waals surface area contributed by atoms with E-state index in [9.17, 15) is 9.18 Å². The number of fused-ring (bicyclic) bond motifs is 1. The van der Waals surface area contributed by atoms with E-state index in [2.05, 4.69) is 55.3 Å². The zero-order chi connectivity index (χ0) is 21.9. The largest absolute Gasteiger partial charge is 0.496 e. The van der Waals surface area contributed by atoms with Gasteiger partial charge in [-0.15, -0.1) is 0 Å². The van der Waals surface area contributed by atoms with Gasteiger partial charge in [-0.1, -0.05) is 13.8 Å². The molecule has 6 heteroatoms. The van der Waals surface area contributed by atoms with Crippen LogP contribution in [0.5, 0.6) is 5.75 Å². The fourth-order valence-electron chi connectivity index (χ4n) is 4.28. The first kappa shape index (κ1) is 21.8. The lowest BCUT2D eigenvalue weighted by Crippen LogP contribution is -2.48. The number of hydrogen-bond acceptors (Lipinski definition) is 4. The Kier molecular flexibility index (Phi) is 6.44. The Morgan fingerprint density at radius 3 is 2.67 bits per heavy atom. The Labute approximate surface area is 177 Å². The molecule has 1 unspecified atom stereocenters. The molecule has 3 rings (SSSR count). The van der Waals surface area contributed by atoms with E-state index in [0.717, 1.165) is 24.9 Å². The number of carbonyl (C=O) groups is 1. The maximum atomic E-state index is 13.0. The van der Waals surface area contributed by atoms with Gasteiger partial charge in [0.15, 0.2) is 0 Å². The summed E-state index contributed by atoms with van der Waals surface area (Å²) in [4.78, 5) is 14.6. The second-order valence-corrected chi connectivity index (χ2v) is 8.43. The summed E-state index contributed by atoms with van der Waals surface area (Å²) in [5, 5.41) is 4.09. The number of methoxy groups -OCH3 is 1. The Hall–Kier alpha value is -2.89. The maximum absolute atomic E-state index is 13.0. The van der Waals surface area contributed by atoms with E-state index in [1.807, 2.05) is 0 Å². The van der Waals surface area contributed by atoms with Crippen molar-refractivity contribution in [3.8, 4) is 5.75 Å². The van der Waals surface area contributed by atoms with Gasteiger partial charge in [-0.2, -0.15) is 5.10 Å². The predicted molar refractivity (Wildman–Crippen MR) is 119 cm³/mol. The molecule has 0 saturated heterocycles. The van der Waals surface area contributed by atoms with Crippen LogP contribution in [0.15, 0.2) is 41.5 Å². The minimum Gasteiger partial charge on any atom is -0.496 e. The fraction of sp³-hybridized carbons (Fsp3) is 0.417. The third-order valence-corrected chi connectivity index (χ3v) is 5.66. The van der Waals surface area contributed by atoms with Gasteiger partial charge >= 0.3 is 0 Å². The Morgan fingerprint density at radius 2 is 2.03 bits per heavy atom. The molecule has 5 nitrogen and oxygen atoms in total. The van der Waals surface area contributed by atoms with Crippen LogP contribution in [0, 0.1) is 5.82 Å². The van der Waals surface area contributed by atoms with Gasteiger partial charge in [0.1, 0.15) is 11.6 Å². The van der Waals surface area contributed by atoms with Gasteiger partial charge in [0.25, 0.3) is 5.91 Å². The number of ether oxygens (including phenoxy) is 1. The van der Waals surface area contributed by atoms with Crippen LogP contribution < -0.4 is 15.1 Å². The average Bonchev–Trinajstić information content (AvgIpc) is 2.71. The van der Waals surface area contributed by atoms with E-state index in [0.29, 0.717) is 17.2 Å². The SMILES string of the molecule is CCCN1c2cc(OC)c(/C=N\NC(=O)c3ccc(F)cc3)cc2C(C)CC1(C)C. The van der Waals surface area contributed by atoms with E-state index in [4.69, 9.17) is 4.74 Å². The summed E-state index contributed by atoms with van der Waals surface area (Å²) in [6, 6.07) is 9.51. The minimum absolute atomic E-state index is 0.0756. The highest BCUT2D eigenvalue weighted by atomic mass is 19.1.